The fourth-order valence-electron chi connectivity index (χ4n) is 1.07. The Bertz CT molecular complexity index is 195. The van der Waals surface area contributed by atoms with Gasteiger partial charge in [0, 0.05) is 6.61 Å². The van der Waals surface area contributed by atoms with E-state index >= 15 is 0 Å². The van der Waals surface area contributed by atoms with Gasteiger partial charge >= 0.3 is 40.0 Å². The monoisotopic (exact) mass is 266 g/mol. The van der Waals surface area contributed by atoms with Crippen LogP contribution in [-0.4, -0.2) is 29.2 Å². The van der Waals surface area contributed by atoms with Crippen LogP contribution in [0.3, 0.4) is 0 Å². The zero-order chi connectivity index (χ0) is 12.2. The van der Waals surface area contributed by atoms with Gasteiger partial charge in [0.2, 0.25) is 0 Å². The van der Waals surface area contributed by atoms with Crippen LogP contribution < -0.4 is 29.6 Å². The molecule has 3 N–H and O–H groups in total. The summed E-state index contributed by atoms with van der Waals surface area (Å²) in [6, 6.07) is 0. The largest absolute Gasteiger partial charge is 1.00 e. The summed E-state index contributed by atoms with van der Waals surface area (Å²) < 4.78 is 31.6. The fourth-order valence-corrected chi connectivity index (χ4v) is 1.07. The predicted octanol–water partition coefficient (Wildman–Crippen LogP) is -0.807. The Morgan fingerprint density at radius 1 is 0.938 bits per heavy atom. The van der Waals surface area contributed by atoms with Gasteiger partial charge in [-0.2, -0.15) is 8.42 Å². The SMILES string of the molecule is CCCCCCCCCO.O=S(=O)(O)O.[H-].[Na+]. The van der Waals surface area contributed by atoms with Gasteiger partial charge < -0.3 is 6.53 Å². The summed E-state index contributed by atoms with van der Waals surface area (Å²) >= 11 is 0. The molecule has 0 aromatic heterocycles. The molecule has 96 valence electrons. The Hall–Kier alpha value is 0.830. The van der Waals surface area contributed by atoms with Gasteiger partial charge in [0.05, 0.1) is 0 Å². The quantitative estimate of drug-likeness (QED) is 0.318. The molecule has 0 unspecified atom stereocenters. The first-order valence-corrected chi connectivity index (χ1v) is 6.62. The van der Waals surface area contributed by atoms with Crippen LogP contribution in [-0.2, 0) is 10.4 Å². The Morgan fingerprint density at radius 2 is 1.25 bits per heavy atom. The third-order valence-electron chi connectivity index (χ3n) is 1.76. The van der Waals surface area contributed by atoms with Crippen molar-refractivity contribution in [1.82, 2.24) is 0 Å². The number of aliphatic hydroxyl groups excluding tert-OH is 1. The summed E-state index contributed by atoms with van der Waals surface area (Å²) in [4.78, 5) is 0. The molecule has 0 amide bonds. The van der Waals surface area contributed by atoms with Gasteiger partial charge in [-0.25, -0.2) is 0 Å². The van der Waals surface area contributed by atoms with E-state index in [-0.39, 0.29) is 31.0 Å². The molecule has 0 saturated heterocycles. The molecule has 0 saturated carbocycles. The average molecular weight is 266 g/mol. The second-order valence-electron chi connectivity index (χ2n) is 3.29. The average Bonchev–Trinajstić information content (AvgIpc) is 2.08. The van der Waals surface area contributed by atoms with Crippen molar-refractivity contribution in [2.75, 3.05) is 6.61 Å². The second-order valence-corrected chi connectivity index (χ2v) is 4.19. The maximum Gasteiger partial charge on any atom is 1.00 e. The molecule has 0 atom stereocenters. The minimum absolute atomic E-state index is 0. The predicted molar refractivity (Wildman–Crippen MR) is 60.4 cm³/mol. The third kappa shape index (κ3) is 46.3. The van der Waals surface area contributed by atoms with E-state index in [4.69, 9.17) is 22.6 Å². The molecule has 0 bridgehead atoms. The van der Waals surface area contributed by atoms with Crippen LogP contribution in [0.2, 0.25) is 0 Å². The van der Waals surface area contributed by atoms with Crippen molar-refractivity contribution in [3.8, 4) is 0 Å². The second kappa shape index (κ2) is 15.8. The standard InChI is InChI=1S/C9H20O.Na.H2O4S.H/c1-2-3-4-5-6-7-8-9-10;;1-5(2,3)4;/h10H,2-9H2,1H3;;(H2,1,2,3,4);/q;+1;;-1. The maximum absolute atomic E-state index is 8.74. The molecule has 16 heavy (non-hydrogen) atoms. The van der Waals surface area contributed by atoms with Crippen LogP contribution in [0.5, 0.6) is 0 Å². The zero-order valence-electron chi connectivity index (χ0n) is 11.2. The molecule has 0 aromatic carbocycles. The Kier molecular flexibility index (Phi) is 21.8. The van der Waals surface area contributed by atoms with Crippen molar-refractivity contribution >= 4 is 10.4 Å². The van der Waals surface area contributed by atoms with Gasteiger partial charge in [0.15, 0.2) is 0 Å². The number of hydrogen-bond acceptors (Lipinski definition) is 3. The zero-order valence-corrected chi connectivity index (χ0v) is 13.0. The van der Waals surface area contributed by atoms with E-state index < -0.39 is 10.4 Å². The summed E-state index contributed by atoms with van der Waals surface area (Å²) in [6.45, 7) is 2.60. The minimum Gasteiger partial charge on any atom is -1.00 e. The Balaban J connectivity index is -0.000000105. The van der Waals surface area contributed by atoms with Crippen LogP contribution in [0.4, 0.5) is 0 Å². The molecule has 0 aromatic rings. The molecule has 0 aliphatic rings. The van der Waals surface area contributed by atoms with Gasteiger partial charge in [-0.15, -0.1) is 0 Å². The molecular formula is C9H23NaO5S. The Morgan fingerprint density at radius 3 is 1.56 bits per heavy atom. The van der Waals surface area contributed by atoms with Crippen LogP contribution in [0.1, 0.15) is 53.3 Å². The van der Waals surface area contributed by atoms with Gasteiger partial charge in [0.25, 0.3) is 0 Å². The first-order valence-electron chi connectivity index (χ1n) is 5.22. The van der Waals surface area contributed by atoms with Gasteiger partial charge in [0.1, 0.15) is 0 Å². The van der Waals surface area contributed by atoms with E-state index in [0.717, 1.165) is 6.42 Å². The maximum atomic E-state index is 8.74. The van der Waals surface area contributed by atoms with E-state index in [1.54, 1.807) is 0 Å². The minimum atomic E-state index is -4.67. The number of hydrogen-bond donors (Lipinski definition) is 3. The molecule has 7 heteroatoms. The van der Waals surface area contributed by atoms with Crippen molar-refractivity contribution in [3.05, 3.63) is 0 Å². The fraction of sp³-hybridized carbons (Fsp3) is 1.00. The summed E-state index contributed by atoms with van der Waals surface area (Å²) in [7, 11) is -4.67. The topological polar surface area (TPSA) is 94.8 Å². The molecule has 0 fully saturated rings. The van der Waals surface area contributed by atoms with E-state index in [1.807, 2.05) is 0 Å². The molecule has 0 heterocycles. The van der Waals surface area contributed by atoms with Crippen molar-refractivity contribution in [2.24, 2.45) is 0 Å². The summed E-state index contributed by atoms with van der Waals surface area (Å²) in [5, 5.41) is 8.47. The Labute approximate surface area is 122 Å². The van der Waals surface area contributed by atoms with Crippen LogP contribution >= 0.6 is 0 Å². The normalized spacial score (nSPS) is 10.0. The van der Waals surface area contributed by atoms with Crippen LogP contribution in [0.25, 0.3) is 0 Å². The van der Waals surface area contributed by atoms with E-state index in [9.17, 15) is 0 Å². The smallest absolute Gasteiger partial charge is 1.00 e. The van der Waals surface area contributed by atoms with E-state index in [2.05, 4.69) is 6.92 Å². The third-order valence-corrected chi connectivity index (χ3v) is 1.76. The molecular weight excluding hydrogens is 243 g/mol. The van der Waals surface area contributed by atoms with Crippen molar-refractivity contribution in [3.63, 3.8) is 0 Å². The number of unbranched alkanes of at least 4 members (excludes halogenated alkanes) is 6. The summed E-state index contributed by atoms with van der Waals surface area (Å²) in [5.74, 6) is 0. The first-order chi connectivity index (χ1) is 6.91. The van der Waals surface area contributed by atoms with Gasteiger partial charge in [-0.05, 0) is 6.42 Å². The van der Waals surface area contributed by atoms with Crippen molar-refractivity contribution in [2.45, 2.75) is 51.9 Å². The number of aliphatic hydroxyl groups is 1. The van der Waals surface area contributed by atoms with Crippen molar-refractivity contribution in [1.29, 1.82) is 0 Å². The van der Waals surface area contributed by atoms with E-state index in [1.165, 1.54) is 38.5 Å². The van der Waals surface area contributed by atoms with Crippen LogP contribution in [0, 0.1) is 0 Å². The molecule has 0 aliphatic heterocycles. The molecule has 0 rings (SSSR count). The number of rotatable bonds is 7. The van der Waals surface area contributed by atoms with Crippen LogP contribution in [0.15, 0.2) is 0 Å². The molecule has 0 spiro atoms. The van der Waals surface area contributed by atoms with Crippen molar-refractivity contribution < 1.29 is 53.6 Å². The first kappa shape index (κ1) is 22.0. The van der Waals surface area contributed by atoms with Gasteiger partial charge in [-0.3, -0.25) is 9.11 Å². The van der Waals surface area contributed by atoms with E-state index in [0.29, 0.717) is 6.61 Å². The molecule has 0 radical (unpaired) electrons. The van der Waals surface area contributed by atoms with Gasteiger partial charge in [-0.1, -0.05) is 45.4 Å². The molecule has 0 aliphatic carbocycles. The summed E-state index contributed by atoms with van der Waals surface area (Å²) in [5.41, 5.74) is 0. The molecule has 5 nitrogen and oxygen atoms in total. The summed E-state index contributed by atoms with van der Waals surface area (Å²) in [6.07, 6.45) is 8.93.